The number of halogens is 1. The van der Waals surface area contributed by atoms with Gasteiger partial charge in [-0.3, -0.25) is 0 Å². The van der Waals surface area contributed by atoms with Crippen LogP contribution in [0.25, 0.3) is 22.3 Å². The van der Waals surface area contributed by atoms with E-state index >= 15 is 0 Å². The van der Waals surface area contributed by atoms with Gasteiger partial charge in [-0.15, -0.1) is 0 Å². The summed E-state index contributed by atoms with van der Waals surface area (Å²) in [5.41, 5.74) is 3.81. The summed E-state index contributed by atoms with van der Waals surface area (Å²) in [5.74, 6) is 2.76. The van der Waals surface area contributed by atoms with Crippen LogP contribution < -0.4 is 14.2 Å². The number of furan rings is 1. The number of fused-ring (bicyclic) bond motifs is 1. The second kappa shape index (κ2) is 10.3. The first kappa shape index (κ1) is 22.5. The van der Waals surface area contributed by atoms with E-state index in [0.717, 1.165) is 37.8 Å². The Morgan fingerprint density at radius 2 is 1.66 bits per heavy atom. The van der Waals surface area contributed by atoms with Crippen LogP contribution in [0.4, 0.5) is 0 Å². The van der Waals surface area contributed by atoms with E-state index in [1.54, 1.807) is 14.2 Å². The van der Waals surface area contributed by atoms with Crippen LogP contribution in [0.2, 0.25) is 0 Å². The number of benzene rings is 3. The van der Waals surface area contributed by atoms with Crippen LogP contribution in [0.3, 0.4) is 0 Å². The molecule has 6 heteroatoms. The largest absolute Gasteiger partial charge is 0.493 e. The Kier molecular flexibility index (Phi) is 7.22. The molecule has 0 saturated heterocycles. The summed E-state index contributed by atoms with van der Waals surface area (Å²) in [7, 11) is 3.27. The van der Waals surface area contributed by atoms with Crippen LogP contribution in [-0.4, -0.2) is 25.9 Å². The lowest BCUT2D eigenvalue weighted by molar-refractivity contribution is 0.284. The van der Waals surface area contributed by atoms with E-state index in [-0.39, 0.29) is 6.61 Å². The molecule has 0 saturated carbocycles. The van der Waals surface area contributed by atoms with E-state index < -0.39 is 0 Å². The first-order valence-corrected chi connectivity index (χ1v) is 11.5. The molecule has 0 bridgehead atoms. The molecule has 4 rings (SSSR count). The molecule has 0 aliphatic carbocycles. The van der Waals surface area contributed by atoms with Gasteiger partial charge in [0.1, 0.15) is 12.4 Å². The van der Waals surface area contributed by atoms with Gasteiger partial charge in [-0.05, 0) is 76.9 Å². The zero-order valence-electron chi connectivity index (χ0n) is 18.1. The molecule has 0 atom stereocenters. The number of hydrogen-bond donors (Lipinski definition) is 1. The first-order chi connectivity index (χ1) is 15.6. The van der Waals surface area contributed by atoms with Crippen molar-refractivity contribution in [2.24, 2.45) is 0 Å². The zero-order valence-corrected chi connectivity index (χ0v) is 20.2. The molecule has 0 amide bonds. The highest BCUT2D eigenvalue weighted by atomic mass is 127. The van der Waals surface area contributed by atoms with Crippen LogP contribution in [0.15, 0.2) is 65.1 Å². The topological polar surface area (TPSA) is 61.1 Å². The van der Waals surface area contributed by atoms with Crippen molar-refractivity contribution in [1.29, 1.82) is 0 Å². The van der Waals surface area contributed by atoms with Crippen molar-refractivity contribution in [3.8, 4) is 28.6 Å². The third kappa shape index (κ3) is 4.71. The summed E-state index contributed by atoms with van der Waals surface area (Å²) in [4.78, 5) is 0. The van der Waals surface area contributed by atoms with E-state index in [0.29, 0.717) is 35.9 Å². The lowest BCUT2D eigenvalue weighted by Crippen LogP contribution is -1.97. The lowest BCUT2D eigenvalue weighted by atomic mass is 10.1. The molecular weight excluding hydrogens is 519 g/mol. The van der Waals surface area contributed by atoms with Crippen LogP contribution in [0.1, 0.15) is 17.5 Å². The fraction of sp³-hybridized carbons (Fsp3) is 0.231. The molecule has 0 unspecified atom stereocenters. The normalized spacial score (nSPS) is 11.0. The minimum absolute atomic E-state index is 0.159. The molecule has 4 aromatic rings. The molecule has 32 heavy (non-hydrogen) atoms. The average Bonchev–Trinajstić information content (AvgIpc) is 3.17. The van der Waals surface area contributed by atoms with Gasteiger partial charge in [0, 0.05) is 17.6 Å². The highest BCUT2D eigenvalue weighted by Crippen LogP contribution is 2.42. The minimum atomic E-state index is 0.159. The SMILES string of the molecule is COc1cc(-c2oc3c(OC)cc(CCCO)cc3c2I)ccc1OCc1ccccc1. The van der Waals surface area contributed by atoms with E-state index in [1.165, 1.54) is 0 Å². The van der Waals surface area contributed by atoms with Gasteiger partial charge in [-0.25, -0.2) is 0 Å². The number of ether oxygens (including phenoxy) is 3. The molecule has 0 spiro atoms. The van der Waals surface area contributed by atoms with Crippen molar-refractivity contribution in [2.45, 2.75) is 19.4 Å². The summed E-state index contributed by atoms with van der Waals surface area (Å²) in [6.45, 7) is 0.624. The van der Waals surface area contributed by atoms with Gasteiger partial charge in [0.2, 0.25) is 0 Å². The van der Waals surface area contributed by atoms with Crippen molar-refractivity contribution in [3.63, 3.8) is 0 Å². The van der Waals surface area contributed by atoms with Crippen molar-refractivity contribution in [1.82, 2.24) is 0 Å². The molecule has 3 aromatic carbocycles. The zero-order chi connectivity index (χ0) is 22.5. The van der Waals surface area contributed by atoms with Gasteiger partial charge in [-0.2, -0.15) is 0 Å². The van der Waals surface area contributed by atoms with Crippen molar-refractivity contribution < 1.29 is 23.7 Å². The maximum absolute atomic E-state index is 9.18. The van der Waals surface area contributed by atoms with Crippen LogP contribution >= 0.6 is 22.6 Å². The quantitative estimate of drug-likeness (QED) is 0.254. The predicted molar refractivity (Wildman–Crippen MR) is 134 cm³/mol. The van der Waals surface area contributed by atoms with E-state index in [4.69, 9.17) is 18.6 Å². The molecule has 166 valence electrons. The Labute approximate surface area is 201 Å². The van der Waals surface area contributed by atoms with Gasteiger partial charge in [0.15, 0.2) is 22.8 Å². The summed E-state index contributed by atoms with van der Waals surface area (Å²) in [6, 6.07) is 19.9. The van der Waals surface area contributed by atoms with E-state index in [9.17, 15) is 5.11 Å². The monoisotopic (exact) mass is 544 g/mol. The average molecular weight is 544 g/mol. The van der Waals surface area contributed by atoms with Crippen molar-refractivity contribution >= 4 is 33.6 Å². The third-order valence-corrected chi connectivity index (χ3v) is 6.33. The van der Waals surface area contributed by atoms with E-state index in [2.05, 4.69) is 28.7 Å². The molecule has 1 N–H and O–H groups in total. The second-order valence-electron chi connectivity index (χ2n) is 7.39. The second-order valence-corrected chi connectivity index (χ2v) is 8.47. The van der Waals surface area contributed by atoms with Crippen molar-refractivity contribution in [2.75, 3.05) is 20.8 Å². The molecule has 0 aliphatic heterocycles. The van der Waals surface area contributed by atoms with Crippen LogP contribution in [0, 0.1) is 3.57 Å². The standard InChI is InChI=1S/C26H25IO5/c1-29-22-15-19(10-11-21(22)31-16-17-7-4-3-5-8-17)25-24(27)20-13-18(9-6-12-28)14-23(30-2)26(20)32-25/h3-5,7-8,10-11,13-15,28H,6,9,12,16H2,1-2H3. The molecule has 0 fully saturated rings. The van der Waals surface area contributed by atoms with Gasteiger partial charge in [-0.1, -0.05) is 30.3 Å². The number of rotatable bonds is 9. The van der Waals surface area contributed by atoms with Gasteiger partial charge >= 0.3 is 0 Å². The van der Waals surface area contributed by atoms with Crippen molar-refractivity contribution in [3.05, 3.63) is 75.4 Å². The molecule has 0 radical (unpaired) electrons. The fourth-order valence-electron chi connectivity index (χ4n) is 3.62. The molecule has 1 heterocycles. The summed E-state index contributed by atoms with van der Waals surface area (Å²) in [6.07, 6.45) is 1.48. The van der Waals surface area contributed by atoms with Crippen LogP contribution in [0.5, 0.6) is 17.2 Å². The molecule has 1 aromatic heterocycles. The van der Waals surface area contributed by atoms with Gasteiger partial charge < -0.3 is 23.7 Å². The minimum Gasteiger partial charge on any atom is -0.493 e. The maximum atomic E-state index is 9.18. The van der Waals surface area contributed by atoms with Crippen LogP contribution in [-0.2, 0) is 13.0 Å². The summed E-state index contributed by atoms with van der Waals surface area (Å²) >= 11 is 2.31. The van der Waals surface area contributed by atoms with Gasteiger partial charge in [0.25, 0.3) is 0 Å². The maximum Gasteiger partial charge on any atom is 0.177 e. The molecular formula is C26H25IO5. The third-order valence-electron chi connectivity index (χ3n) is 5.26. The highest BCUT2D eigenvalue weighted by molar-refractivity contribution is 14.1. The number of hydrogen-bond acceptors (Lipinski definition) is 5. The Morgan fingerprint density at radius 3 is 2.38 bits per heavy atom. The Morgan fingerprint density at radius 1 is 0.875 bits per heavy atom. The first-order valence-electron chi connectivity index (χ1n) is 10.4. The molecule has 0 aliphatic rings. The van der Waals surface area contributed by atoms with Gasteiger partial charge in [0.05, 0.1) is 17.8 Å². The van der Waals surface area contributed by atoms with E-state index in [1.807, 2.05) is 54.6 Å². The highest BCUT2D eigenvalue weighted by Gasteiger charge is 2.19. The Bertz CT molecular complexity index is 1200. The number of aryl methyl sites for hydroxylation is 1. The lowest BCUT2D eigenvalue weighted by Gasteiger charge is -2.12. The fourth-order valence-corrected chi connectivity index (χ4v) is 4.45. The summed E-state index contributed by atoms with van der Waals surface area (Å²) < 4.78 is 24.4. The Hall–Kier alpha value is -2.71. The Balaban J connectivity index is 1.68. The smallest absolute Gasteiger partial charge is 0.177 e. The predicted octanol–water partition coefficient (Wildman–Crippen LogP) is 6.23. The molecule has 5 nitrogen and oxygen atoms in total. The summed E-state index contributed by atoms with van der Waals surface area (Å²) in [5, 5.41) is 10.2. The number of aliphatic hydroxyl groups excluding tert-OH is 1. The number of methoxy groups -OCH3 is 2. The number of aliphatic hydroxyl groups is 1.